The zero-order valence-corrected chi connectivity index (χ0v) is 24.4. The van der Waals surface area contributed by atoms with E-state index in [-0.39, 0.29) is 30.5 Å². The highest BCUT2D eigenvalue weighted by molar-refractivity contribution is 8.06. The van der Waals surface area contributed by atoms with Crippen LogP contribution in [0.2, 0.25) is 10.0 Å². The Morgan fingerprint density at radius 1 is 1.02 bits per heavy atom. The van der Waals surface area contributed by atoms with Gasteiger partial charge in [0.15, 0.2) is 0 Å². The van der Waals surface area contributed by atoms with Crippen molar-refractivity contribution in [2.24, 2.45) is 0 Å². The van der Waals surface area contributed by atoms with Gasteiger partial charge in [0.2, 0.25) is 5.91 Å². The zero-order chi connectivity index (χ0) is 28.2. The summed E-state index contributed by atoms with van der Waals surface area (Å²) < 4.78 is 10.8. The molecule has 0 aromatic heterocycles. The Balaban J connectivity index is 1.36. The summed E-state index contributed by atoms with van der Waals surface area (Å²) in [5, 5.41) is 3.15. The van der Waals surface area contributed by atoms with E-state index in [1.807, 2.05) is 30.3 Å². The van der Waals surface area contributed by atoms with Crippen LogP contribution in [0.15, 0.2) is 88.3 Å². The van der Waals surface area contributed by atoms with Gasteiger partial charge in [-0.15, -0.1) is 11.8 Å². The Morgan fingerprint density at radius 2 is 1.77 bits per heavy atom. The zero-order valence-electron chi connectivity index (χ0n) is 21.3. The third-order valence-corrected chi connectivity index (χ3v) is 9.87. The van der Waals surface area contributed by atoms with Crippen molar-refractivity contribution in [2.45, 2.75) is 29.3 Å². The molecule has 5 rings (SSSR count). The number of hydrogen-bond acceptors (Lipinski definition) is 7. The van der Waals surface area contributed by atoms with E-state index in [1.54, 1.807) is 49.6 Å². The van der Waals surface area contributed by atoms with E-state index in [2.05, 4.69) is 5.32 Å². The minimum absolute atomic E-state index is 0.0132. The van der Waals surface area contributed by atoms with Crippen LogP contribution in [-0.2, 0) is 32.1 Å². The van der Waals surface area contributed by atoms with Crippen LogP contribution in [0.4, 0.5) is 0 Å². The minimum atomic E-state index is -0.744. The van der Waals surface area contributed by atoms with E-state index in [0.29, 0.717) is 31.3 Å². The smallest absolute Gasteiger partial charge is 0.356 e. The first-order chi connectivity index (χ1) is 19.4. The molecule has 0 spiro atoms. The summed E-state index contributed by atoms with van der Waals surface area (Å²) in [5.41, 5.74) is 1.76. The number of rotatable bonds is 9. The second-order valence-corrected chi connectivity index (χ2v) is 12.0. The molecule has 206 valence electrons. The van der Waals surface area contributed by atoms with E-state index in [1.165, 1.54) is 28.4 Å². The minimum Gasteiger partial charge on any atom is -0.497 e. The maximum Gasteiger partial charge on any atom is 0.356 e. The van der Waals surface area contributed by atoms with Crippen molar-refractivity contribution in [1.29, 1.82) is 0 Å². The number of nitrogens with one attached hydrogen (secondary N) is 1. The highest BCUT2D eigenvalue weighted by Crippen LogP contribution is 2.47. The lowest BCUT2D eigenvalue weighted by Gasteiger charge is -2.49. The third kappa shape index (κ3) is 6.12. The number of methoxy groups -OCH3 is 1. The highest BCUT2D eigenvalue weighted by Gasteiger charge is 2.54. The Kier molecular flexibility index (Phi) is 8.95. The first-order valence-electron chi connectivity index (χ1n) is 12.3. The summed E-state index contributed by atoms with van der Waals surface area (Å²) in [6.07, 6.45) is 0.156. The molecule has 1 fully saturated rings. The first-order valence-corrected chi connectivity index (χ1v) is 14.9. The van der Waals surface area contributed by atoms with Gasteiger partial charge in [0.1, 0.15) is 29.5 Å². The number of fused-ring (bicyclic) bond motifs is 1. The fraction of sp³-hybridized carbons (Fsp3) is 0.207. The Morgan fingerprint density at radius 3 is 2.50 bits per heavy atom. The highest BCUT2D eigenvalue weighted by atomic mass is 35.5. The molecule has 2 atom stereocenters. The molecule has 3 aromatic carbocycles. The largest absolute Gasteiger partial charge is 0.497 e. The van der Waals surface area contributed by atoms with Crippen molar-refractivity contribution in [3.8, 4) is 5.75 Å². The van der Waals surface area contributed by atoms with Gasteiger partial charge < -0.3 is 14.8 Å². The molecule has 0 radical (unpaired) electrons. The molecule has 2 amide bonds. The average Bonchev–Trinajstić information content (AvgIpc) is 2.97. The van der Waals surface area contributed by atoms with E-state index in [0.717, 1.165) is 11.1 Å². The monoisotopic (exact) mass is 614 g/mol. The van der Waals surface area contributed by atoms with Gasteiger partial charge in [-0.2, -0.15) is 0 Å². The van der Waals surface area contributed by atoms with Crippen LogP contribution in [0.25, 0.3) is 0 Å². The number of carbonyl (C=O) groups is 3. The number of halogens is 2. The van der Waals surface area contributed by atoms with Crippen LogP contribution < -0.4 is 10.1 Å². The number of esters is 1. The van der Waals surface area contributed by atoms with Crippen LogP contribution in [-0.4, -0.2) is 47.0 Å². The van der Waals surface area contributed by atoms with E-state index < -0.39 is 17.4 Å². The lowest BCUT2D eigenvalue weighted by Crippen LogP contribution is -2.70. The Bertz CT molecular complexity index is 1470. The van der Waals surface area contributed by atoms with Crippen LogP contribution >= 0.6 is 46.7 Å². The summed E-state index contributed by atoms with van der Waals surface area (Å²) >= 11 is 15.4. The number of ether oxygens (including phenoxy) is 2. The van der Waals surface area contributed by atoms with Gasteiger partial charge in [0.05, 0.1) is 23.6 Å². The molecule has 0 saturated carbocycles. The van der Waals surface area contributed by atoms with Gasteiger partial charge in [-0.05, 0) is 35.4 Å². The lowest BCUT2D eigenvalue weighted by molar-refractivity contribution is -0.153. The van der Waals surface area contributed by atoms with E-state index >= 15 is 0 Å². The summed E-state index contributed by atoms with van der Waals surface area (Å²) in [7, 11) is 1.58. The van der Waals surface area contributed by atoms with Gasteiger partial charge >= 0.3 is 5.97 Å². The maximum atomic E-state index is 13.5. The fourth-order valence-corrected chi connectivity index (χ4v) is 7.30. The number of amides is 2. The molecule has 2 aliphatic rings. The van der Waals surface area contributed by atoms with Crippen molar-refractivity contribution in [2.75, 3.05) is 12.9 Å². The summed E-state index contributed by atoms with van der Waals surface area (Å²) in [6, 6.07) is 21.0. The van der Waals surface area contributed by atoms with Gasteiger partial charge in [-0.3, -0.25) is 14.5 Å². The molecule has 3 aromatic rings. The van der Waals surface area contributed by atoms with Crippen molar-refractivity contribution in [3.05, 3.63) is 105 Å². The van der Waals surface area contributed by atoms with Gasteiger partial charge in [-0.1, -0.05) is 83.5 Å². The summed E-state index contributed by atoms with van der Waals surface area (Å²) in [6.45, 7) is 0.0132. The molecule has 40 heavy (non-hydrogen) atoms. The lowest BCUT2D eigenvalue weighted by atomic mass is 10.0. The van der Waals surface area contributed by atoms with Gasteiger partial charge in [0, 0.05) is 15.6 Å². The number of thioether (sulfide) groups is 2. The normalized spacial score (nSPS) is 18.1. The predicted octanol–water partition coefficient (Wildman–Crippen LogP) is 5.69. The quantitative estimate of drug-likeness (QED) is 0.245. The number of nitrogens with zero attached hydrogens (tertiary/aromatic N) is 1. The molecule has 2 aliphatic heterocycles. The van der Waals surface area contributed by atoms with Crippen molar-refractivity contribution in [1.82, 2.24) is 10.2 Å². The SMILES string of the molecule is COc1ccc(COC(=O)C2=C(Sc3cccc(Cl)c3Cl)CS[C@H]3[C@H](NC(=O)Cc4ccccc4)C(=O)N23)cc1. The molecule has 11 heteroatoms. The van der Waals surface area contributed by atoms with Crippen molar-refractivity contribution >= 4 is 64.5 Å². The van der Waals surface area contributed by atoms with Gasteiger partial charge in [-0.25, -0.2) is 4.79 Å². The number of carbonyl (C=O) groups excluding carboxylic acids is 3. The average molecular weight is 616 g/mol. The molecule has 0 bridgehead atoms. The topological polar surface area (TPSA) is 84.9 Å². The second-order valence-electron chi connectivity index (χ2n) is 8.97. The maximum absolute atomic E-state index is 13.5. The third-order valence-electron chi connectivity index (χ3n) is 6.33. The first kappa shape index (κ1) is 28.4. The van der Waals surface area contributed by atoms with Crippen LogP contribution in [0.1, 0.15) is 11.1 Å². The van der Waals surface area contributed by atoms with Crippen molar-refractivity contribution in [3.63, 3.8) is 0 Å². The number of hydrogen-bond donors (Lipinski definition) is 1. The van der Waals surface area contributed by atoms with Crippen LogP contribution in [0.3, 0.4) is 0 Å². The standard InChI is InChI=1S/C29H24Cl2N2O5S2/c1-37-19-12-10-18(11-13-19)15-38-29(36)26-22(40-21-9-5-8-20(30)24(21)31)16-39-28-25(27(35)33(26)28)32-23(34)14-17-6-3-2-4-7-17/h2-13,25,28H,14-16H2,1H3,(H,32,34)/t25-,28+/m1/s1. The molecule has 1 N–H and O–H groups in total. The second kappa shape index (κ2) is 12.6. The van der Waals surface area contributed by atoms with Crippen LogP contribution in [0.5, 0.6) is 5.75 Å². The Labute approximate surface area is 250 Å². The molecule has 0 aliphatic carbocycles. The van der Waals surface area contributed by atoms with E-state index in [4.69, 9.17) is 32.7 Å². The fourth-order valence-electron chi connectivity index (χ4n) is 4.30. The number of benzene rings is 3. The van der Waals surface area contributed by atoms with E-state index in [9.17, 15) is 14.4 Å². The predicted molar refractivity (Wildman–Crippen MR) is 157 cm³/mol. The summed E-state index contributed by atoms with van der Waals surface area (Å²) in [5.74, 6) is -0.161. The molecule has 1 saturated heterocycles. The molecule has 0 unspecified atom stereocenters. The van der Waals surface area contributed by atoms with Gasteiger partial charge in [0.25, 0.3) is 5.91 Å². The Hall–Kier alpha value is -3.11. The molecular formula is C29H24Cl2N2O5S2. The molecule has 7 nitrogen and oxygen atoms in total. The number of β-lactam (4-membered cyclic amide) rings is 1. The van der Waals surface area contributed by atoms with Crippen LogP contribution in [0, 0.1) is 0 Å². The summed E-state index contributed by atoms with van der Waals surface area (Å²) in [4.78, 5) is 42.2. The van der Waals surface area contributed by atoms with Crippen molar-refractivity contribution < 1.29 is 23.9 Å². The molecule has 2 heterocycles. The molecular weight excluding hydrogens is 591 g/mol.